The maximum atomic E-state index is 8.76. The number of benzene rings is 1. The number of nitrogens with zero attached hydrogens (tertiary/aromatic N) is 1. The van der Waals surface area contributed by atoms with Crippen LogP contribution in [0.25, 0.3) is 0 Å². The van der Waals surface area contributed by atoms with E-state index in [0.29, 0.717) is 5.71 Å². The molecule has 2 nitrogen and oxygen atoms in total. The van der Waals surface area contributed by atoms with Gasteiger partial charge in [-0.15, -0.1) is 0 Å². The molecule has 0 aliphatic rings. The van der Waals surface area contributed by atoms with Gasteiger partial charge in [0.2, 0.25) is 0 Å². The molecule has 84 valence electrons. The third-order valence-corrected chi connectivity index (χ3v) is 2.35. The first-order valence-corrected chi connectivity index (χ1v) is 5.56. The van der Waals surface area contributed by atoms with Gasteiger partial charge in [0, 0.05) is 17.5 Å². The van der Waals surface area contributed by atoms with Gasteiger partial charge in [-0.25, -0.2) is 0 Å². The summed E-state index contributed by atoms with van der Waals surface area (Å²) in [5.41, 5.74) is 2.42. The summed E-state index contributed by atoms with van der Waals surface area (Å²) in [4.78, 5) is 0. The quantitative estimate of drug-likeness (QED) is 0.271. The van der Waals surface area contributed by atoms with Crippen molar-refractivity contribution in [1.82, 2.24) is 0 Å². The molecular formula is C14H17NO. The minimum atomic E-state index is 0.598. The van der Waals surface area contributed by atoms with Crippen LogP contribution >= 0.6 is 0 Å². The SMILES string of the molecule is CCCCC#Cc1ccccc1/C(C)=N/O. The highest BCUT2D eigenvalue weighted by molar-refractivity contribution is 6.00. The maximum absolute atomic E-state index is 8.76. The number of hydrogen-bond donors (Lipinski definition) is 1. The fourth-order valence-corrected chi connectivity index (χ4v) is 1.38. The molecule has 0 aromatic heterocycles. The zero-order valence-corrected chi connectivity index (χ0v) is 9.83. The third-order valence-electron chi connectivity index (χ3n) is 2.35. The average molecular weight is 215 g/mol. The van der Waals surface area contributed by atoms with Crippen LogP contribution in [-0.4, -0.2) is 10.9 Å². The summed E-state index contributed by atoms with van der Waals surface area (Å²) < 4.78 is 0. The number of oxime groups is 1. The minimum Gasteiger partial charge on any atom is -0.411 e. The van der Waals surface area contributed by atoms with Crippen molar-refractivity contribution >= 4 is 5.71 Å². The lowest BCUT2D eigenvalue weighted by molar-refractivity contribution is 0.319. The van der Waals surface area contributed by atoms with Gasteiger partial charge in [0.1, 0.15) is 0 Å². The average Bonchev–Trinajstić information content (AvgIpc) is 2.34. The van der Waals surface area contributed by atoms with E-state index in [4.69, 9.17) is 5.21 Å². The molecule has 1 rings (SSSR count). The van der Waals surface area contributed by atoms with E-state index >= 15 is 0 Å². The molecule has 0 heterocycles. The normalized spacial score (nSPS) is 10.8. The van der Waals surface area contributed by atoms with Crippen molar-refractivity contribution in [3.8, 4) is 11.8 Å². The summed E-state index contributed by atoms with van der Waals surface area (Å²) in [6.07, 6.45) is 3.20. The van der Waals surface area contributed by atoms with Crippen molar-refractivity contribution in [3.05, 3.63) is 35.4 Å². The first kappa shape index (κ1) is 12.3. The predicted molar refractivity (Wildman–Crippen MR) is 66.8 cm³/mol. The van der Waals surface area contributed by atoms with Gasteiger partial charge in [-0.2, -0.15) is 0 Å². The fraction of sp³-hybridized carbons (Fsp3) is 0.357. The Hall–Kier alpha value is -1.75. The Kier molecular flexibility index (Phi) is 5.15. The molecule has 0 radical (unpaired) electrons. The zero-order valence-electron chi connectivity index (χ0n) is 9.83. The van der Waals surface area contributed by atoms with Crippen molar-refractivity contribution in [2.24, 2.45) is 5.16 Å². The van der Waals surface area contributed by atoms with Gasteiger partial charge in [0.05, 0.1) is 5.71 Å². The van der Waals surface area contributed by atoms with Crippen LogP contribution in [0.1, 0.15) is 44.2 Å². The molecule has 0 spiro atoms. The van der Waals surface area contributed by atoms with E-state index in [1.807, 2.05) is 24.3 Å². The number of hydrogen-bond acceptors (Lipinski definition) is 2. The van der Waals surface area contributed by atoms with Crippen molar-refractivity contribution in [3.63, 3.8) is 0 Å². The van der Waals surface area contributed by atoms with E-state index in [9.17, 15) is 0 Å². The molecule has 0 unspecified atom stereocenters. The monoisotopic (exact) mass is 215 g/mol. The van der Waals surface area contributed by atoms with E-state index in [2.05, 4.69) is 23.9 Å². The van der Waals surface area contributed by atoms with E-state index in [0.717, 1.165) is 30.4 Å². The Labute approximate surface area is 97.0 Å². The van der Waals surface area contributed by atoms with Crippen LogP contribution in [0.4, 0.5) is 0 Å². The summed E-state index contributed by atoms with van der Waals surface area (Å²) in [6, 6.07) is 7.72. The minimum absolute atomic E-state index is 0.598. The largest absolute Gasteiger partial charge is 0.411 e. The lowest BCUT2D eigenvalue weighted by atomic mass is 10.0. The smallest absolute Gasteiger partial charge is 0.0849 e. The lowest BCUT2D eigenvalue weighted by Crippen LogP contribution is -1.97. The molecule has 0 atom stereocenters. The first-order chi connectivity index (χ1) is 7.79. The summed E-state index contributed by atoms with van der Waals surface area (Å²) in [7, 11) is 0. The molecule has 2 heteroatoms. The van der Waals surface area contributed by atoms with Crippen LogP contribution in [0.3, 0.4) is 0 Å². The van der Waals surface area contributed by atoms with E-state index < -0.39 is 0 Å². The molecular weight excluding hydrogens is 198 g/mol. The van der Waals surface area contributed by atoms with E-state index in [-0.39, 0.29) is 0 Å². The third kappa shape index (κ3) is 3.43. The van der Waals surface area contributed by atoms with Crippen molar-refractivity contribution < 1.29 is 5.21 Å². The van der Waals surface area contributed by atoms with Crippen LogP contribution in [0.5, 0.6) is 0 Å². The Bertz CT molecular complexity index is 424. The maximum Gasteiger partial charge on any atom is 0.0849 e. The lowest BCUT2D eigenvalue weighted by Gasteiger charge is -2.01. The van der Waals surface area contributed by atoms with E-state index in [1.54, 1.807) is 6.92 Å². The Morgan fingerprint density at radius 3 is 2.81 bits per heavy atom. The fourth-order valence-electron chi connectivity index (χ4n) is 1.38. The van der Waals surface area contributed by atoms with E-state index in [1.165, 1.54) is 0 Å². The molecule has 0 saturated heterocycles. The van der Waals surface area contributed by atoms with Gasteiger partial charge in [-0.3, -0.25) is 0 Å². The zero-order chi connectivity index (χ0) is 11.8. The highest BCUT2D eigenvalue weighted by Gasteiger charge is 2.02. The number of unbranched alkanes of at least 4 members (excludes halogenated alkanes) is 2. The second kappa shape index (κ2) is 6.68. The Morgan fingerprint density at radius 2 is 2.12 bits per heavy atom. The molecule has 0 aliphatic carbocycles. The summed E-state index contributed by atoms with van der Waals surface area (Å²) >= 11 is 0. The van der Waals surface area contributed by atoms with Crippen LogP contribution in [0.15, 0.2) is 29.4 Å². The molecule has 1 aromatic carbocycles. The molecule has 1 N–H and O–H groups in total. The highest BCUT2D eigenvalue weighted by atomic mass is 16.4. The molecule has 0 aliphatic heterocycles. The molecule has 16 heavy (non-hydrogen) atoms. The standard InChI is InChI=1S/C14H17NO/c1-3-4-5-6-9-13-10-7-8-11-14(13)12(2)15-16/h7-8,10-11,16H,3-5H2,1-2H3/b15-12+. The highest BCUT2D eigenvalue weighted by Crippen LogP contribution is 2.08. The summed E-state index contributed by atoms with van der Waals surface area (Å²) in [5.74, 6) is 6.26. The Balaban J connectivity index is 2.90. The molecule has 0 fully saturated rings. The van der Waals surface area contributed by atoms with Crippen LogP contribution in [-0.2, 0) is 0 Å². The van der Waals surface area contributed by atoms with Crippen molar-refractivity contribution in [2.75, 3.05) is 0 Å². The summed E-state index contributed by atoms with van der Waals surface area (Å²) in [6.45, 7) is 3.92. The van der Waals surface area contributed by atoms with Crippen LogP contribution in [0, 0.1) is 11.8 Å². The molecule has 0 bridgehead atoms. The van der Waals surface area contributed by atoms with Gasteiger partial charge in [0.15, 0.2) is 0 Å². The number of rotatable bonds is 3. The Morgan fingerprint density at radius 1 is 1.38 bits per heavy atom. The molecule has 0 amide bonds. The molecule has 0 saturated carbocycles. The second-order valence-corrected chi connectivity index (χ2v) is 3.64. The predicted octanol–water partition coefficient (Wildman–Crippen LogP) is 3.43. The topological polar surface area (TPSA) is 32.6 Å². The van der Waals surface area contributed by atoms with Gasteiger partial charge in [0.25, 0.3) is 0 Å². The van der Waals surface area contributed by atoms with Gasteiger partial charge in [-0.1, -0.05) is 48.5 Å². The first-order valence-electron chi connectivity index (χ1n) is 5.56. The molecule has 1 aromatic rings. The van der Waals surface area contributed by atoms with Crippen LogP contribution < -0.4 is 0 Å². The van der Waals surface area contributed by atoms with Gasteiger partial charge in [-0.05, 0) is 19.4 Å². The van der Waals surface area contributed by atoms with Crippen molar-refractivity contribution in [2.45, 2.75) is 33.1 Å². The summed E-state index contributed by atoms with van der Waals surface area (Å²) in [5, 5.41) is 12.0. The second-order valence-electron chi connectivity index (χ2n) is 3.64. The van der Waals surface area contributed by atoms with Crippen LogP contribution in [0.2, 0.25) is 0 Å². The van der Waals surface area contributed by atoms with Crippen molar-refractivity contribution in [1.29, 1.82) is 0 Å². The van der Waals surface area contributed by atoms with Gasteiger partial charge >= 0.3 is 0 Å². The van der Waals surface area contributed by atoms with Gasteiger partial charge < -0.3 is 5.21 Å².